The summed E-state index contributed by atoms with van der Waals surface area (Å²) in [6, 6.07) is 0. The molecule has 0 spiro atoms. The Morgan fingerprint density at radius 3 is 1.28 bits per heavy atom. The third-order valence-corrected chi connectivity index (χ3v) is 8.57. The maximum atomic E-state index is 12.9. The molecule has 0 aliphatic heterocycles. The van der Waals surface area contributed by atoms with Gasteiger partial charge in [-0.2, -0.15) is 0 Å². The van der Waals surface area contributed by atoms with E-state index < -0.39 is 5.91 Å². The van der Waals surface area contributed by atoms with E-state index in [1.807, 2.05) is 6.92 Å². The van der Waals surface area contributed by atoms with Crippen molar-refractivity contribution in [2.24, 2.45) is 0 Å². The molecule has 1 unspecified atom stereocenters. The van der Waals surface area contributed by atoms with Crippen molar-refractivity contribution in [2.75, 3.05) is 26.7 Å². The first-order valence-electron chi connectivity index (χ1n) is 17.6. The lowest BCUT2D eigenvalue weighted by atomic mass is 10.1. The summed E-state index contributed by atoms with van der Waals surface area (Å²) >= 11 is 0. The molecule has 0 aliphatic rings. The second kappa shape index (κ2) is 26.3. The highest BCUT2D eigenvalue weighted by atomic mass is 16.7. The minimum absolute atomic E-state index is 0.0910. The van der Waals surface area contributed by atoms with Crippen LogP contribution in [0.3, 0.4) is 0 Å². The third kappa shape index (κ3) is 20.0. The van der Waals surface area contributed by atoms with Crippen molar-refractivity contribution in [3.05, 3.63) is 0 Å². The number of carbonyl (C=O) groups excluding carboxylic acids is 1. The van der Waals surface area contributed by atoms with E-state index >= 15 is 0 Å². The van der Waals surface area contributed by atoms with E-state index in [9.17, 15) is 4.79 Å². The van der Waals surface area contributed by atoms with E-state index in [0.29, 0.717) is 17.5 Å². The Hall–Kier alpha value is -0.610. The van der Waals surface area contributed by atoms with Gasteiger partial charge in [0.2, 0.25) is 0 Å². The second-order valence-electron chi connectivity index (χ2n) is 12.5. The Labute approximate surface area is 246 Å². The van der Waals surface area contributed by atoms with Crippen LogP contribution in [-0.4, -0.2) is 43.1 Å². The molecule has 0 heterocycles. The highest BCUT2D eigenvalue weighted by molar-refractivity contribution is 5.69. The molecule has 0 aromatic carbocycles. The molecule has 0 radical (unpaired) electrons. The standard InChI is InChI=1S/C35H72NO3/c1-7-11-13-15-17-19-20-21-23-25-27-29-33-38-35(5,36(6,31-9-3)32-10-4)39-34(37)30-28-26-24-22-18-16-14-12-8-2/h7-33H2,1-6H3/q+1. The SMILES string of the molecule is CCCCCCCCCCCCCCOC(C)(OC(=O)CCCCCCCCCCC)[N+](C)(CCC)CCC. The highest BCUT2D eigenvalue weighted by Crippen LogP contribution is 2.29. The normalized spacial score (nSPS) is 13.5. The minimum atomic E-state index is -0.903. The smallest absolute Gasteiger partial charge is 0.360 e. The van der Waals surface area contributed by atoms with Crippen LogP contribution in [0.15, 0.2) is 0 Å². The molecule has 0 aromatic heterocycles. The minimum Gasteiger partial charge on any atom is -0.384 e. The molecule has 0 N–H and O–H groups in total. The summed E-state index contributed by atoms with van der Waals surface area (Å²) in [5.41, 5.74) is 0. The fraction of sp³-hybridized carbons (Fsp3) is 0.971. The molecule has 0 saturated heterocycles. The molecule has 0 amide bonds. The summed E-state index contributed by atoms with van der Waals surface area (Å²) in [6.45, 7) is 13.6. The molecular formula is C35H72NO3+. The van der Waals surface area contributed by atoms with E-state index in [0.717, 1.165) is 45.2 Å². The molecule has 0 saturated carbocycles. The fourth-order valence-corrected chi connectivity index (χ4v) is 5.85. The van der Waals surface area contributed by atoms with E-state index in [4.69, 9.17) is 9.47 Å². The van der Waals surface area contributed by atoms with Gasteiger partial charge in [-0.1, -0.05) is 150 Å². The molecule has 4 heteroatoms. The van der Waals surface area contributed by atoms with Gasteiger partial charge in [0.25, 0.3) is 0 Å². The first-order chi connectivity index (χ1) is 18.9. The highest BCUT2D eigenvalue weighted by Gasteiger charge is 2.48. The van der Waals surface area contributed by atoms with Gasteiger partial charge < -0.3 is 4.74 Å². The number of quaternary nitrogens is 1. The average molecular weight is 555 g/mol. The Morgan fingerprint density at radius 1 is 0.538 bits per heavy atom. The zero-order valence-corrected chi connectivity index (χ0v) is 27.8. The lowest BCUT2D eigenvalue weighted by Gasteiger charge is -2.46. The van der Waals surface area contributed by atoms with Crippen LogP contribution in [0, 0.1) is 0 Å². The van der Waals surface area contributed by atoms with E-state index in [1.165, 1.54) is 116 Å². The maximum absolute atomic E-state index is 12.9. The van der Waals surface area contributed by atoms with Gasteiger partial charge >= 0.3 is 11.9 Å². The first-order valence-corrected chi connectivity index (χ1v) is 17.6. The zero-order chi connectivity index (χ0) is 29.1. The Balaban J connectivity index is 4.42. The van der Waals surface area contributed by atoms with Gasteiger partial charge in [0.05, 0.1) is 33.7 Å². The number of carbonyl (C=O) groups is 1. The lowest BCUT2D eigenvalue weighted by molar-refractivity contribution is -1.01. The van der Waals surface area contributed by atoms with Crippen LogP contribution in [0.1, 0.15) is 189 Å². The molecule has 0 aromatic rings. The third-order valence-electron chi connectivity index (χ3n) is 8.57. The first kappa shape index (κ1) is 38.4. The van der Waals surface area contributed by atoms with Gasteiger partial charge in [0, 0.05) is 6.42 Å². The Kier molecular flexibility index (Phi) is 25.9. The predicted octanol–water partition coefficient (Wildman–Crippen LogP) is 11.1. The Bertz CT molecular complexity index is 532. The van der Waals surface area contributed by atoms with E-state index in [1.54, 1.807) is 0 Å². The summed E-state index contributed by atoms with van der Waals surface area (Å²) < 4.78 is 13.3. The van der Waals surface area contributed by atoms with Crippen molar-refractivity contribution in [3.63, 3.8) is 0 Å². The topological polar surface area (TPSA) is 35.5 Å². The van der Waals surface area contributed by atoms with Crippen molar-refractivity contribution in [1.82, 2.24) is 0 Å². The van der Waals surface area contributed by atoms with Gasteiger partial charge in [-0.05, 0) is 25.7 Å². The number of ether oxygens (including phenoxy) is 2. The summed E-state index contributed by atoms with van der Waals surface area (Å²) in [6.07, 6.45) is 29.9. The van der Waals surface area contributed by atoms with Gasteiger partial charge in [0.15, 0.2) is 0 Å². The lowest BCUT2D eigenvalue weighted by Crippen LogP contribution is -2.64. The van der Waals surface area contributed by atoms with Crippen LogP contribution < -0.4 is 0 Å². The Morgan fingerprint density at radius 2 is 0.897 bits per heavy atom. The van der Waals surface area contributed by atoms with Gasteiger partial charge in [-0.25, -0.2) is 0 Å². The number of hydrogen-bond acceptors (Lipinski definition) is 3. The monoisotopic (exact) mass is 555 g/mol. The molecule has 4 nitrogen and oxygen atoms in total. The van der Waals surface area contributed by atoms with Crippen molar-refractivity contribution in [2.45, 2.75) is 195 Å². The van der Waals surface area contributed by atoms with Crippen LogP contribution in [-0.2, 0) is 14.3 Å². The molecule has 39 heavy (non-hydrogen) atoms. The fourth-order valence-electron chi connectivity index (χ4n) is 5.85. The van der Waals surface area contributed by atoms with Crippen molar-refractivity contribution in [1.29, 1.82) is 0 Å². The van der Waals surface area contributed by atoms with Gasteiger partial charge in [-0.3, -0.25) is 14.0 Å². The molecule has 0 fully saturated rings. The maximum Gasteiger partial charge on any atom is 0.360 e. The number of esters is 1. The quantitative estimate of drug-likeness (QED) is 0.0383. The summed E-state index contributed by atoms with van der Waals surface area (Å²) in [7, 11) is 2.21. The summed E-state index contributed by atoms with van der Waals surface area (Å²) in [4.78, 5) is 12.9. The predicted molar refractivity (Wildman–Crippen MR) is 170 cm³/mol. The molecule has 234 valence electrons. The largest absolute Gasteiger partial charge is 0.384 e. The zero-order valence-electron chi connectivity index (χ0n) is 27.8. The van der Waals surface area contributed by atoms with Crippen molar-refractivity contribution >= 4 is 5.97 Å². The van der Waals surface area contributed by atoms with Crippen LogP contribution in [0.25, 0.3) is 0 Å². The van der Waals surface area contributed by atoms with Crippen LogP contribution in [0.5, 0.6) is 0 Å². The van der Waals surface area contributed by atoms with E-state index in [2.05, 4.69) is 34.7 Å². The second-order valence-corrected chi connectivity index (χ2v) is 12.5. The number of unbranched alkanes of at least 4 members (excludes halogenated alkanes) is 19. The van der Waals surface area contributed by atoms with Crippen molar-refractivity contribution in [3.8, 4) is 0 Å². The molecular weight excluding hydrogens is 482 g/mol. The number of hydrogen-bond donors (Lipinski definition) is 0. The van der Waals surface area contributed by atoms with E-state index in [-0.39, 0.29) is 5.97 Å². The molecule has 0 aliphatic carbocycles. The van der Waals surface area contributed by atoms with Gasteiger partial charge in [-0.15, -0.1) is 0 Å². The average Bonchev–Trinajstić information content (AvgIpc) is 2.90. The van der Waals surface area contributed by atoms with Crippen LogP contribution in [0.2, 0.25) is 0 Å². The van der Waals surface area contributed by atoms with Crippen LogP contribution in [0.4, 0.5) is 0 Å². The van der Waals surface area contributed by atoms with Crippen molar-refractivity contribution < 1.29 is 18.8 Å². The summed E-state index contributed by atoms with van der Waals surface area (Å²) in [5, 5.41) is 0. The summed E-state index contributed by atoms with van der Waals surface area (Å²) in [5.74, 6) is -0.994. The molecule has 0 rings (SSSR count). The van der Waals surface area contributed by atoms with Crippen LogP contribution >= 0.6 is 0 Å². The van der Waals surface area contributed by atoms with Gasteiger partial charge in [0.1, 0.15) is 0 Å². The molecule has 1 atom stereocenters. The molecule has 0 bridgehead atoms. The number of nitrogens with zero attached hydrogens (tertiary/aromatic N) is 1. The number of rotatable bonds is 30.